The van der Waals surface area contributed by atoms with Gasteiger partial charge in [0.2, 0.25) is 0 Å². The summed E-state index contributed by atoms with van der Waals surface area (Å²) in [7, 11) is 1.79. The van der Waals surface area contributed by atoms with Crippen LogP contribution >= 0.6 is 0 Å². The van der Waals surface area contributed by atoms with Gasteiger partial charge >= 0.3 is 0 Å². The lowest BCUT2D eigenvalue weighted by molar-refractivity contribution is 0.215. The number of hydrogen-bond donors (Lipinski definition) is 1. The van der Waals surface area contributed by atoms with Gasteiger partial charge in [0.05, 0.1) is 7.05 Å². The van der Waals surface area contributed by atoms with Crippen LogP contribution < -0.4 is 5.73 Å². The molecule has 90 valence electrons. The molecule has 1 aromatic rings. The Hall–Kier alpha value is -0.970. The Balaban J connectivity index is 2.01. The van der Waals surface area contributed by atoms with E-state index < -0.39 is 0 Å². The predicted octanol–water partition coefficient (Wildman–Crippen LogP) is 1.05. The Morgan fingerprint density at radius 2 is 2.38 bits per heavy atom. The van der Waals surface area contributed by atoms with Crippen molar-refractivity contribution >= 4 is 0 Å². The van der Waals surface area contributed by atoms with Crippen molar-refractivity contribution in [3.05, 3.63) is 5.82 Å². The lowest BCUT2D eigenvalue weighted by atomic mass is 9.73. The Morgan fingerprint density at radius 3 is 3.00 bits per heavy atom. The fourth-order valence-corrected chi connectivity index (χ4v) is 2.74. The molecule has 5 heteroatoms. The van der Waals surface area contributed by atoms with Gasteiger partial charge in [0.25, 0.3) is 0 Å². The molecule has 2 unspecified atom stereocenters. The van der Waals surface area contributed by atoms with E-state index in [1.54, 1.807) is 7.05 Å². The van der Waals surface area contributed by atoms with Crippen LogP contribution in [0.2, 0.25) is 0 Å². The zero-order valence-corrected chi connectivity index (χ0v) is 10.2. The van der Waals surface area contributed by atoms with Crippen LogP contribution in [0.3, 0.4) is 0 Å². The molecule has 16 heavy (non-hydrogen) atoms. The van der Waals surface area contributed by atoms with Crippen molar-refractivity contribution in [3.8, 4) is 0 Å². The van der Waals surface area contributed by atoms with Crippen LogP contribution in [-0.2, 0) is 13.5 Å². The third-order valence-electron chi connectivity index (χ3n) is 3.62. The number of nitrogens with zero attached hydrogens (tertiary/aromatic N) is 4. The highest BCUT2D eigenvalue weighted by atomic mass is 15.6. The normalized spacial score (nSPS) is 30.6. The largest absolute Gasteiger partial charge is 0.325 e. The minimum atomic E-state index is -0.109. The van der Waals surface area contributed by atoms with E-state index in [0.29, 0.717) is 0 Å². The molecule has 2 atom stereocenters. The average molecular weight is 223 g/mol. The monoisotopic (exact) mass is 223 g/mol. The van der Waals surface area contributed by atoms with Crippen molar-refractivity contribution in [1.82, 2.24) is 20.2 Å². The molecule has 5 nitrogen and oxygen atoms in total. The number of tetrazole rings is 1. The number of aryl methyl sites for hydroxylation is 1. The summed E-state index contributed by atoms with van der Waals surface area (Å²) < 4.78 is 0. The molecule has 0 saturated heterocycles. The molecular weight excluding hydrogens is 202 g/mol. The summed E-state index contributed by atoms with van der Waals surface area (Å²) in [4.78, 5) is 1.50. The fourth-order valence-electron chi connectivity index (χ4n) is 2.74. The van der Waals surface area contributed by atoms with Crippen molar-refractivity contribution in [2.45, 2.75) is 51.0 Å². The maximum absolute atomic E-state index is 6.45. The molecule has 1 aliphatic rings. The van der Waals surface area contributed by atoms with E-state index in [1.165, 1.54) is 24.1 Å². The maximum atomic E-state index is 6.45. The molecule has 2 rings (SSSR count). The molecule has 1 saturated carbocycles. The van der Waals surface area contributed by atoms with Gasteiger partial charge in [-0.15, -0.1) is 10.2 Å². The van der Waals surface area contributed by atoms with Crippen LogP contribution in [0, 0.1) is 5.92 Å². The summed E-state index contributed by atoms with van der Waals surface area (Å²) in [5, 5.41) is 12.1. The smallest absolute Gasteiger partial charge is 0.176 e. The van der Waals surface area contributed by atoms with Gasteiger partial charge in [-0.2, -0.15) is 4.80 Å². The van der Waals surface area contributed by atoms with E-state index in [0.717, 1.165) is 31.0 Å². The van der Waals surface area contributed by atoms with Crippen LogP contribution in [0.25, 0.3) is 0 Å². The Bertz CT molecular complexity index is 348. The summed E-state index contributed by atoms with van der Waals surface area (Å²) in [6, 6.07) is 0. The van der Waals surface area contributed by atoms with Crippen molar-refractivity contribution in [2.75, 3.05) is 0 Å². The SMILES string of the molecule is CCC1CCCC(N)(Cc2nnn(C)n2)C1. The summed E-state index contributed by atoms with van der Waals surface area (Å²) in [5.41, 5.74) is 6.34. The highest BCUT2D eigenvalue weighted by molar-refractivity contribution is 4.98. The minimum absolute atomic E-state index is 0.109. The maximum Gasteiger partial charge on any atom is 0.176 e. The second-order valence-corrected chi connectivity index (χ2v) is 5.10. The number of aromatic nitrogens is 4. The van der Waals surface area contributed by atoms with Crippen LogP contribution in [0.4, 0.5) is 0 Å². The molecular formula is C11H21N5. The summed E-state index contributed by atoms with van der Waals surface area (Å²) >= 11 is 0. The zero-order valence-electron chi connectivity index (χ0n) is 10.2. The molecule has 2 N–H and O–H groups in total. The van der Waals surface area contributed by atoms with Crippen LogP contribution in [0.15, 0.2) is 0 Å². The van der Waals surface area contributed by atoms with E-state index in [9.17, 15) is 0 Å². The highest BCUT2D eigenvalue weighted by Gasteiger charge is 2.33. The van der Waals surface area contributed by atoms with Gasteiger partial charge < -0.3 is 5.73 Å². The quantitative estimate of drug-likeness (QED) is 0.831. The van der Waals surface area contributed by atoms with E-state index in [4.69, 9.17) is 5.73 Å². The van der Waals surface area contributed by atoms with Crippen LogP contribution in [-0.4, -0.2) is 25.7 Å². The van der Waals surface area contributed by atoms with Crippen molar-refractivity contribution in [3.63, 3.8) is 0 Å². The third kappa shape index (κ3) is 2.58. The first-order valence-corrected chi connectivity index (χ1v) is 6.13. The first kappa shape index (κ1) is 11.5. The predicted molar refractivity (Wildman–Crippen MR) is 61.7 cm³/mol. The topological polar surface area (TPSA) is 69.6 Å². The first-order chi connectivity index (χ1) is 7.61. The second kappa shape index (κ2) is 4.49. The number of hydrogen-bond acceptors (Lipinski definition) is 4. The molecule has 1 aromatic heterocycles. The lowest BCUT2D eigenvalue weighted by Gasteiger charge is -2.37. The van der Waals surface area contributed by atoms with E-state index in [1.807, 2.05) is 0 Å². The van der Waals surface area contributed by atoms with Gasteiger partial charge in [-0.1, -0.05) is 26.2 Å². The Morgan fingerprint density at radius 1 is 1.56 bits per heavy atom. The van der Waals surface area contributed by atoms with Gasteiger partial charge in [-0.3, -0.25) is 0 Å². The van der Waals surface area contributed by atoms with Crippen molar-refractivity contribution in [1.29, 1.82) is 0 Å². The molecule has 1 fully saturated rings. The summed E-state index contributed by atoms with van der Waals surface area (Å²) in [6.07, 6.45) is 6.73. The Kier molecular flexibility index (Phi) is 3.23. The van der Waals surface area contributed by atoms with E-state index in [-0.39, 0.29) is 5.54 Å². The molecule has 0 aromatic carbocycles. The molecule has 0 spiro atoms. The molecule has 0 aliphatic heterocycles. The van der Waals surface area contributed by atoms with E-state index in [2.05, 4.69) is 22.3 Å². The lowest BCUT2D eigenvalue weighted by Crippen LogP contribution is -2.46. The van der Waals surface area contributed by atoms with Crippen LogP contribution in [0.1, 0.15) is 44.9 Å². The molecule has 1 heterocycles. The van der Waals surface area contributed by atoms with Crippen LogP contribution in [0.5, 0.6) is 0 Å². The minimum Gasteiger partial charge on any atom is -0.325 e. The van der Waals surface area contributed by atoms with Crippen molar-refractivity contribution in [2.24, 2.45) is 18.7 Å². The van der Waals surface area contributed by atoms with E-state index >= 15 is 0 Å². The van der Waals surface area contributed by atoms with Gasteiger partial charge in [-0.05, 0) is 24.0 Å². The summed E-state index contributed by atoms with van der Waals surface area (Å²) in [5.74, 6) is 1.55. The Labute approximate surface area is 96.4 Å². The summed E-state index contributed by atoms with van der Waals surface area (Å²) in [6.45, 7) is 2.25. The standard InChI is InChI=1S/C11H21N5/c1-3-9-5-4-6-11(12,7-9)8-10-13-15-16(2)14-10/h9H,3-8,12H2,1-2H3. The molecule has 1 aliphatic carbocycles. The average Bonchev–Trinajstić information content (AvgIpc) is 2.63. The number of nitrogens with two attached hydrogens (primary N) is 1. The third-order valence-corrected chi connectivity index (χ3v) is 3.62. The number of rotatable bonds is 3. The highest BCUT2D eigenvalue weighted by Crippen LogP contribution is 2.34. The van der Waals surface area contributed by atoms with Gasteiger partial charge in [0.1, 0.15) is 0 Å². The van der Waals surface area contributed by atoms with Gasteiger partial charge in [0, 0.05) is 12.0 Å². The first-order valence-electron chi connectivity index (χ1n) is 6.13. The van der Waals surface area contributed by atoms with Gasteiger partial charge in [0.15, 0.2) is 5.82 Å². The zero-order chi connectivity index (χ0) is 11.6. The molecule has 0 amide bonds. The second-order valence-electron chi connectivity index (χ2n) is 5.10. The van der Waals surface area contributed by atoms with Crippen molar-refractivity contribution < 1.29 is 0 Å². The molecule has 0 bridgehead atoms. The molecule has 0 radical (unpaired) electrons. The van der Waals surface area contributed by atoms with Gasteiger partial charge in [-0.25, -0.2) is 0 Å². The fraction of sp³-hybridized carbons (Fsp3) is 0.909.